The molecule has 0 saturated carbocycles. The van der Waals surface area contributed by atoms with Crippen LogP contribution in [0.2, 0.25) is 0 Å². The van der Waals surface area contributed by atoms with Gasteiger partial charge in [-0.3, -0.25) is 0 Å². The van der Waals surface area contributed by atoms with Gasteiger partial charge in [0.15, 0.2) is 0 Å². The fourth-order valence-corrected chi connectivity index (χ4v) is 2.21. The molecule has 0 aliphatic carbocycles. The van der Waals surface area contributed by atoms with E-state index in [1.165, 1.54) is 0 Å². The van der Waals surface area contributed by atoms with Crippen LogP contribution in [0.5, 0.6) is 5.75 Å². The Morgan fingerprint density at radius 1 is 1.50 bits per heavy atom. The summed E-state index contributed by atoms with van der Waals surface area (Å²) < 4.78 is 11.6. The molecule has 1 unspecified atom stereocenters. The maximum Gasteiger partial charge on any atom is 0.135 e. The number of benzene rings is 1. The first-order valence-electron chi connectivity index (χ1n) is 6.77. The molecule has 1 saturated heterocycles. The van der Waals surface area contributed by atoms with Gasteiger partial charge in [0.25, 0.3) is 0 Å². The maximum absolute atomic E-state index is 5.88. The highest BCUT2D eigenvalue weighted by molar-refractivity contribution is 6.19. The summed E-state index contributed by atoms with van der Waals surface area (Å²) in [7, 11) is 2.10. The van der Waals surface area contributed by atoms with Crippen molar-refractivity contribution in [2.24, 2.45) is 0 Å². The van der Waals surface area contributed by atoms with Crippen molar-refractivity contribution < 1.29 is 9.47 Å². The number of morpholine rings is 1. The van der Waals surface area contributed by atoms with E-state index in [9.17, 15) is 0 Å². The maximum atomic E-state index is 5.88. The van der Waals surface area contributed by atoms with Crippen molar-refractivity contribution in [1.29, 1.82) is 0 Å². The molecule has 4 heteroatoms. The molecule has 0 bridgehead atoms. The lowest BCUT2D eigenvalue weighted by Gasteiger charge is -2.29. The molecular weight excluding hydrogens is 274 g/mol. The summed E-state index contributed by atoms with van der Waals surface area (Å²) in [5.41, 5.74) is 2.04. The standard InChI is InChI=1S/C16H20ClNO2/c1-13-5-6-16(14(10-13)4-3-7-17)20-12-15-11-18(2)8-9-19-15/h5-6,10,15H,7-9,11-12H2,1-2H3. The number of rotatable bonds is 3. The van der Waals surface area contributed by atoms with Crippen LogP contribution in [0.3, 0.4) is 0 Å². The van der Waals surface area contributed by atoms with Gasteiger partial charge in [0, 0.05) is 13.1 Å². The summed E-state index contributed by atoms with van der Waals surface area (Å²) in [6, 6.07) is 6.00. The van der Waals surface area contributed by atoms with Crippen LogP contribution < -0.4 is 4.74 Å². The van der Waals surface area contributed by atoms with E-state index in [0.717, 1.165) is 36.6 Å². The monoisotopic (exact) mass is 293 g/mol. The van der Waals surface area contributed by atoms with E-state index in [1.807, 2.05) is 25.1 Å². The molecule has 0 spiro atoms. The highest BCUT2D eigenvalue weighted by Gasteiger charge is 2.18. The van der Waals surface area contributed by atoms with E-state index in [1.54, 1.807) is 0 Å². The Labute approximate surface area is 125 Å². The van der Waals surface area contributed by atoms with Gasteiger partial charge < -0.3 is 14.4 Å². The fourth-order valence-electron chi connectivity index (χ4n) is 2.15. The van der Waals surface area contributed by atoms with E-state index in [-0.39, 0.29) is 6.10 Å². The Bertz CT molecular complexity index is 507. The lowest BCUT2D eigenvalue weighted by atomic mass is 10.1. The fraction of sp³-hybridized carbons (Fsp3) is 0.500. The molecule has 1 aromatic rings. The van der Waals surface area contributed by atoms with Crippen LogP contribution in [0, 0.1) is 18.8 Å². The van der Waals surface area contributed by atoms with E-state index in [4.69, 9.17) is 21.1 Å². The largest absolute Gasteiger partial charge is 0.490 e. The predicted molar refractivity (Wildman–Crippen MR) is 81.5 cm³/mol. The Kier molecular flexibility index (Phi) is 5.72. The zero-order valence-electron chi connectivity index (χ0n) is 12.0. The first kappa shape index (κ1) is 15.2. The van der Waals surface area contributed by atoms with Gasteiger partial charge in [-0.05, 0) is 31.7 Å². The molecule has 1 atom stereocenters. The summed E-state index contributed by atoms with van der Waals surface area (Å²) in [4.78, 5) is 2.25. The van der Waals surface area contributed by atoms with Gasteiger partial charge >= 0.3 is 0 Å². The molecule has 0 N–H and O–H groups in total. The van der Waals surface area contributed by atoms with Crippen LogP contribution in [-0.2, 0) is 4.74 Å². The van der Waals surface area contributed by atoms with Crippen LogP contribution >= 0.6 is 11.6 Å². The number of likely N-dealkylation sites (N-methyl/N-ethyl adjacent to an activating group) is 1. The SMILES string of the molecule is Cc1ccc(OCC2CN(C)CCO2)c(C#CCCl)c1. The molecule has 3 nitrogen and oxygen atoms in total. The summed E-state index contributed by atoms with van der Waals surface area (Å²) in [6.07, 6.45) is 0.115. The summed E-state index contributed by atoms with van der Waals surface area (Å²) in [6.45, 7) is 5.22. The normalized spacial score (nSPS) is 19.2. The lowest BCUT2D eigenvalue weighted by molar-refractivity contribution is -0.0403. The van der Waals surface area contributed by atoms with Crippen molar-refractivity contribution in [3.63, 3.8) is 0 Å². The van der Waals surface area contributed by atoms with Crippen molar-refractivity contribution in [2.75, 3.05) is 39.2 Å². The average molecular weight is 294 g/mol. The molecule has 0 amide bonds. The molecule has 1 aromatic carbocycles. The van der Waals surface area contributed by atoms with E-state index < -0.39 is 0 Å². The Hall–Kier alpha value is -1.21. The molecule has 2 rings (SSSR count). The number of alkyl halides is 1. The molecule has 1 aliphatic heterocycles. The summed E-state index contributed by atoms with van der Waals surface area (Å²) in [5.74, 6) is 7.03. The lowest BCUT2D eigenvalue weighted by Crippen LogP contribution is -2.42. The van der Waals surface area contributed by atoms with E-state index in [0.29, 0.717) is 12.5 Å². The second kappa shape index (κ2) is 7.54. The molecule has 20 heavy (non-hydrogen) atoms. The zero-order chi connectivity index (χ0) is 14.4. The van der Waals surface area contributed by atoms with Crippen molar-refractivity contribution in [1.82, 2.24) is 4.90 Å². The smallest absolute Gasteiger partial charge is 0.135 e. The number of hydrogen-bond acceptors (Lipinski definition) is 3. The van der Waals surface area contributed by atoms with E-state index in [2.05, 4.69) is 23.8 Å². The molecule has 1 aliphatic rings. The molecule has 108 valence electrons. The highest BCUT2D eigenvalue weighted by Crippen LogP contribution is 2.20. The second-order valence-corrected chi connectivity index (χ2v) is 5.27. The number of ether oxygens (including phenoxy) is 2. The van der Waals surface area contributed by atoms with Gasteiger partial charge in [0.05, 0.1) is 18.1 Å². The number of aryl methyl sites for hydroxylation is 1. The molecule has 0 radical (unpaired) electrons. The number of nitrogens with zero attached hydrogens (tertiary/aromatic N) is 1. The minimum atomic E-state index is 0.115. The van der Waals surface area contributed by atoms with Gasteiger partial charge in [0.2, 0.25) is 0 Å². The quantitative estimate of drug-likeness (QED) is 0.630. The van der Waals surface area contributed by atoms with Crippen LogP contribution in [0.4, 0.5) is 0 Å². The third-order valence-corrected chi connectivity index (χ3v) is 3.33. The van der Waals surface area contributed by atoms with Gasteiger partial charge in [-0.1, -0.05) is 17.9 Å². The average Bonchev–Trinajstić information content (AvgIpc) is 2.44. The summed E-state index contributed by atoms with van der Waals surface area (Å²) >= 11 is 5.62. The van der Waals surface area contributed by atoms with Crippen molar-refractivity contribution in [2.45, 2.75) is 13.0 Å². The predicted octanol–water partition coefficient (Wildman–Crippen LogP) is 2.29. The third-order valence-electron chi connectivity index (χ3n) is 3.19. The Morgan fingerprint density at radius 3 is 3.10 bits per heavy atom. The number of hydrogen-bond donors (Lipinski definition) is 0. The second-order valence-electron chi connectivity index (χ2n) is 5.00. The van der Waals surface area contributed by atoms with Crippen LogP contribution in [0.1, 0.15) is 11.1 Å². The van der Waals surface area contributed by atoms with E-state index >= 15 is 0 Å². The van der Waals surface area contributed by atoms with Gasteiger partial charge in [0.1, 0.15) is 18.5 Å². The van der Waals surface area contributed by atoms with Crippen molar-refractivity contribution in [3.8, 4) is 17.6 Å². The molecule has 1 fully saturated rings. The third kappa shape index (κ3) is 4.42. The minimum Gasteiger partial charge on any atom is -0.490 e. The van der Waals surface area contributed by atoms with Crippen molar-refractivity contribution >= 4 is 11.6 Å². The van der Waals surface area contributed by atoms with Gasteiger partial charge in [-0.25, -0.2) is 0 Å². The zero-order valence-corrected chi connectivity index (χ0v) is 12.7. The summed E-state index contributed by atoms with van der Waals surface area (Å²) in [5, 5.41) is 0. The van der Waals surface area contributed by atoms with Gasteiger partial charge in [-0.2, -0.15) is 0 Å². The minimum absolute atomic E-state index is 0.115. The topological polar surface area (TPSA) is 21.7 Å². The van der Waals surface area contributed by atoms with Crippen LogP contribution in [0.15, 0.2) is 18.2 Å². The highest BCUT2D eigenvalue weighted by atomic mass is 35.5. The molecule has 0 aromatic heterocycles. The first-order chi connectivity index (χ1) is 9.69. The van der Waals surface area contributed by atoms with Crippen LogP contribution in [-0.4, -0.2) is 50.2 Å². The molecule has 1 heterocycles. The Morgan fingerprint density at radius 2 is 2.35 bits per heavy atom. The van der Waals surface area contributed by atoms with Crippen LogP contribution in [0.25, 0.3) is 0 Å². The number of halogens is 1. The Balaban J connectivity index is 2.01. The molecular formula is C16H20ClNO2. The first-order valence-corrected chi connectivity index (χ1v) is 7.31. The van der Waals surface area contributed by atoms with Crippen molar-refractivity contribution in [3.05, 3.63) is 29.3 Å². The van der Waals surface area contributed by atoms with Gasteiger partial charge in [-0.15, -0.1) is 11.6 Å².